The quantitative estimate of drug-likeness (QED) is 0.299. The smallest absolute Gasteiger partial charge is 0.323 e. The molecule has 8 nitrogen and oxygen atoms in total. The number of nitrogens with zero attached hydrogens (tertiary/aromatic N) is 2. The zero-order chi connectivity index (χ0) is 29.5. The van der Waals surface area contributed by atoms with Gasteiger partial charge in [0, 0.05) is 42.5 Å². The highest BCUT2D eigenvalue weighted by molar-refractivity contribution is 6.42. The number of benzene rings is 3. The van der Waals surface area contributed by atoms with E-state index in [9.17, 15) is 14.7 Å². The van der Waals surface area contributed by atoms with E-state index < -0.39 is 6.03 Å². The maximum absolute atomic E-state index is 13.5. The Balaban J connectivity index is 1.56. The van der Waals surface area contributed by atoms with Crippen LogP contribution in [-0.4, -0.2) is 65.7 Å². The van der Waals surface area contributed by atoms with Crippen molar-refractivity contribution in [3.05, 3.63) is 87.9 Å². The number of rotatable bonds is 8. The number of hydrogen-bond donors (Lipinski definition) is 3. The molecule has 0 radical (unpaired) electrons. The van der Waals surface area contributed by atoms with Crippen molar-refractivity contribution in [3.8, 4) is 5.75 Å². The monoisotopic (exact) mass is 598 g/mol. The summed E-state index contributed by atoms with van der Waals surface area (Å²) < 4.78 is 6.59. The first-order valence-corrected chi connectivity index (χ1v) is 14.3. The van der Waals surface area contributed by atoms with Gasteiger partial charge in [0.2, 0.25) is 5.91 Å². The van der Waals surface area contributed by atoms with E-state index in [1.54, 1.807) is 41.3 Å². The maximum atomic E-state index is 13.5. The maximum Gasteiger partial charge on any atom is 0.323 e. The zero-order valence-electron chi connectivity index (χ0n) is 23.4. The van der Waals surface area contributed by atoms with Crippen LogP contribution >= 0.6 is 23.2 Å². The van der Waals surface area contributed by atoms with Crippen LogP contribution in [0.5, 0.6) is 5.75 Å². The summed E-state index contributed by atoms with van der Waals surface area (Å²) in [7, 11) is 2.00. The van der Waals surface area contributed by atoms with Gasteiger partial charge < -0.3 is 25.4 Å². The van der Waals surface area contributed by atoms with Gasteiger partial charge in [-0.1, -0.05) is 54.4 Å². The van der Waals surface area contributed by atoms with Gasteiger partial charge in [-0.25, -0.2) is 4.79 Å². The second-order valence-corrected chi connectivity index (χ2v) is 11.4. The first-order chi connectivity index (χ1) is 19.6. The van der Waals surface area contributed by atoms with E-state index >= 15 is 0 Å². The standard InChI is InChI=1S/C31H36Cl2N4O4/c1-20-16-37(21(2)19-38)30(39)15-23-14-25(35-31(40)34-24-7-5-4-6-8-24)10-12-28(23)41-29(20)18-36(3)17-22-9-11-26(32)27(33)13-22/h4-14,20-21,29,38H,15-19H2,1-3H3,(H2,34,35,40)/t20-,21-,29-/m1/s1. The van der Waals surface area contributed by atoms with Gasteiger partial charge in [-0.15, -0.1) is 0 Å². The Morgan fingerprint density at radius 3 is 2.51 bits per heavy atom. The molecule has 0 bridgehead atoms. The largest absolute Gasteiger partial charge is 0.488 e. The third-order valence-corrected chi connectivity index (χ3v) is 7.87. The average molecular weight is 600 g/mol. The lowest BCUT2D eigenvalue weighted by atomic mass is 10.0. The van der Waals surface area contributed by atoms with Crippen molar-refractivity contribution in [2.75, 3.05) is 37.4 Å². The molecule has 3 aromatic carbocycles. The van der Waals surface area contributed by atoms with Gasteiger partial charge >= 0.3 is 6.03 Å². The molecule has 3 amide bonds. The van der Waals surface area contributed by atoms with E-state index in [0.29, 0.717) is 52.4 Å². The molecule has 218 valence electrons. The molecule has 1 aliphatic heterocycles. The molecule has 4 rings (SSSR count). The Morgan fingerprint density at radius 1 is 1.07 bits per heavy atom. The summed E-state index contributed by atoms with van der Waals surface area (Å²) in [5.41, 5.74) is 2.89. The predicted molar refractivity (Wildman–Crippen MR) is 164 cm³/mol. The summed E-state index contributed by atoms with van der Waals surface area (Å²) in [5, 5.41) is 16.5. The zero-order valence-corrected chi connectivity index (χ0v) is 25.0. The van der Waals surface area contributed by atoms with Crippen LogP contribution in [0.3, 0.4) is 0 Å². The van der Waals surface area contributed by atoms with Gasteiger partial charge in [0.05, 0.1) is 29.1 Å². The molecule has 0 saturated heterocycles. The molecule has 41 heavy (non-hydrogen) atoms. The van der Waals surface area contributed by atoms with Gasteiger partial charge in [0.1, 0.15) is 11.9 Å². The minimum Gasteiger partial charge on any atom is -0.488 e. The number of aliphatic hydroxyl groups excluding tert-OH is 1. The number of nitrogens with one attached hydrogen (secondary N) is 2. The first-order valence-electron chi connectivity index (χ1n) is 13.6. The molecular formula is C31H36Cl2N4O4. The third-order valence-electron chi connectivity index (χ3n) is 7.13. The number of carbonyl (C=O) groups is 2. The van der Waals surface area contributed by atoms with Crippen LogP contribution in [0.15, 0.2) is 66.7 Å². The molecule has 0 aliphatic carbocycles. The Hall–Kier alpha value is -3.30. The number of anilines is 2. The van der Waals surface area contributed by atoms with Crippen molar-refractivity contribution < 1.29 is 19.4 Å². The highest BCUT2D eigenvalue weighted by atomic mass is 35.5. The molecule has 1 aliphatic rings. The number of para-hydroxylation sites is 1. The first kappa shape index (κ1) is 30.7. The molecule has 3 aromatic rings. The van der Waals surface area contributed by atoms with Crippen molar-refractivity contribution in [3.63, 3.8) is 0 Å². The number of likely N-dealkylation sites (N-methyl/N-ethyl adjacent to an activating group) is 1. The molecular weight excluding hydrogens is 563 g/mol. The van der Waals surface area contributed by atoms with Crippen LogP contribution < -0.4 is 15.4 Å². The van der Waals surface area contributed by atoms with Gasteiger partial charge in [-0.3, -0.25) is 9.69 Å². The fraction of sp³-hybridized carbons (Fsp3) is 0.355. The molecule has 0 saturated carbocycles. The van der Waals surface area contributed by atoms with Gasteiger partial charge in [0.25, 0.3) is 0 Å². The van der Waals surface area contributed by atoms with Crippen LogP contribution in [0.4, 0.5) is 16.2 Å². The topological polar surface area (TPSA) is 94.1 Å². The van der Waals surface area contributed by atoms with Crippen molar-refractivity contribution in [2.24, 2.45) is 5.92 Å². The number of ether oxygens (including phenoxy) is 1. The molecule has 1 heterocycles. The van der Waals surface area contributed by atoms with Crippen LogP contribution in [-0.2, 0) is 17.8 Å². The predicted octanol–water partition coefficient (Wildman–Crippen LogP) is 5.92. The SMILES string of the molecule is C[C@@H]1CN([C@H](C)CO)C(=O)Cc2cc(NC(=O)Nc3ccccc3)ccc2O[C@@H]1CN(C)Cc1ccc(Cl)c(Cl)c1. The van der Waals surface area contributed by atoms with E-state index in [-0.39, 0.29) is 37.0 Å². The van der Waals surface area contributed by atoms with Crippen molar-refractivity contribution in [1.29, 1.82) is 0 Å². The number of fused-ring (bicyclic) bond motifs is 1. The van der Waals surface area contributed by atoms with Crippen LogP contribution in [0.2, 0.25) is 10.0 Å². The number of urea groups is 1. The fourth-order valence-corrected chi connectivity index (χ4v) is 5.18. The number of amides is 3. The van der Waals surface area contributed by atoms with E-state index in [1.165, 1.54) is 0 Å². The Kier molecular flexibility index (Phi) is 10.5. The van der Waals surface area contributed by atoms with Crippen molar-refractivity contribution in [1.82, 2.24) is 9.80 Å². The lowest BCUT2D eigenvalue weighted by Crippen LogP contribution is -2.47. The molecule has 0 fully saturated rings. The molecule has 10 heteroatoms. The van der Waals surface area contributed by atoms with Gasteiger partial charge in [-0.2, -0.15) is 0 Å². The van der Waals surface area contributed by atoms with Crippen molar-refractivity contribution >= 4 is 46.5 Å². The molecule has 0 aromatic heterocycles. The van der Waals surface area contributed by atoms with Crippen LogP contribution in [0.25, 0.3) is 0 Å². The Bertz CT molecular complexity index is 1360. The number of carbonyl (C=O) groups excluding carboxylic acids is 2. The summed E-state index contributed by atoms with van der Waals surface area (Å²) in [6.07, 6.45) is -0.186. The second-order valence-electron chi connectivity index (χ2n) is 10.6. The van der Waals surface area contributed by atoms with E-state index in [2.05, 4.69) is 22.5 Å². The van der Waals surface area contributed by atoms with E-state index in [1.807, 2.05) is 44.3 Å². The summed E-state index contributed by atoms with van der Waals surface area (Å²) in [6, 6.07) is 19.3. The number of halogens is 2. The van der Waals surface area contributed by atoms with Gasteiger partial charge in [0.15, 0.2) is 0 Å². The van der Waals surface area contributed by atoms with Crippen LogP contribution in [0.1, 0.15) is 25.0 Å². The van der Waals surface area contributed by atoms with Gasteiger partial charge in [-0.05, 0) is 62.0 Å². The normalized spacial score (nSPS) is 18.0. The molecule has 3 atom stereocenters. The summed E-state index contributed by atoms with van der Waals surface area (Å²) in [4.78, 5) is 29.9. The number of aliphatic hydroxyl groups is 1. The number of hydrogen-bond acceptors (Lipinski definition) is 5. The second kappa shape index (κ2) is 14.0. The third kappa shape index (κ3) is 8.36. The Labute approximate surface area is 251 Å². The van der Waals surface area contributed by atoms with E-state index in [0.717, 1.165) is 5.56 Å². The lowest BCUT2D eigenvalue weighted by Gasteiger charge is -2.34. The highest BCUT2D eigenvalue weighted by Crippen LogP contribution is 2.30. The summed E-state index contributed by atoms with van der Waals surface area (Å²) >= 11 is 12.3. The van der Waals surface area contributed by atoms with Crippen LogP contribution in [0, 0.1) is 5.92 Å². The lowest BCUT2D eigenvalue weighted by molar-refractivity contribution is -0.134. The molecule has 0 unspecified atom stereocenters. The minimum absolute atomic E-state index is 0.0374. The van der Waals surface area contributed by atoms with E-state index in [4.69, 9.17) is 27.9 Å². The van der Waals surface area contributed by atoms with Crippen molar-refractivity contribution in [2.45, 2.75) is 39.0 Å². The summed E-state index contributed by atoms with van der Waals surface area (Å²) in [6.45, 7) is 5.39. The highest BCUT2D eigenvalue weighted by Gasteiger charge is 2.31. The Morgan fingerprint density at radius 2 is 1.80 bits per heavy atom. The minimum atomic E-state index is -0.391. The molecule has 3 N–H and O–H groups in total. The molecule has 0 spiro atoms. The fourth-order valence-electron chi connectivity index (χ4n) is 4.86. The average Bonchev–Trinajstić information content (AvgIpc) is 2.98. The summed E-state index contributed by atoms with van der Waals surface area (Å²) in [5.74, 6) is 0.439.